The van der Waals surface area contributed by atoms with Gasteiger partial charge in [0.25, 0.3) is 5.91 Å². The molecule has 0 radical (unpaired) electrons. The maximum atomic E-state index is 12.5. The minimum atomic E-state index is -1.45. The fourth-order valence-corrected chi connectivity index (χ4v) is 3.08. The van der Waals surface area contributed by atoms with Gasteiger partial charge in [0.1, 0.15) is 23.8 Å². The van der Waals surface area contributed by atoms with Crippen molar-refractivity contribution >= 4 is 11.9 Å². The van der Waals surface area contributed by atoms with Crippen LogP contribution in [0.25, 0.3) is 0 Å². The molecule has 24 heavy (non-hydrogen) atoms. The van der Waals surface area contributed by atoms with Crippen LogP contribution in [0, 0.1) is 12.8 Å². The third-order valence-electron chi connectivity index (χ3n) is 4.33. The SMILES string of the molecule is COC(=O)C1C(O)C(=O)N(Cc2ccc(C)cc2)C1c1ccco1. The van der Waals surface area contributed by atoms with E-state index in [1.165, 1.54) is 18.3 Å². The van der Waals surface area contributed by atoms with Gasteiger partial charge >= 0.3 is 5.97 Å². The molecule has 1 N–H and O–H groups in total. The van der Waals surface area contributed by atoms with Crippen molar-refractivity contribution < 1.29 is 23.8 Å². The molecule has 1 aromatic carbocycles. The maximum absolute atomic E-state index is 12.5. The highest BCUT2D eigenvalue weighted by Crippen LogP contribution is 2.40. The van der Waals surface area contributed by atoms with Gasteiger partial charge < -0.3 is 19.2 Å². The molecule has 0 spiro atoms. The lowest BCUT2D eigenvalue weighted by Gasteiger charge is -2.25. The van der Waals surface area contributed by atoms with Crippen LogP contribution in [-0.4, -0.2) is 35.1 Å². The topological polar surface area (TPSA) is 80.0 Å². The van der Waals surface area contributed by atoms with E-state index in [-0.39, 0.29) is 6.54 Å². The number of aryl methyl sites for hydroxylation is 1. The Morgan fingerprint density at radius 3 is 2.58 bits per heavy atom. The minimum absolute atomic E-state index is 0.273. The first kappa shape index (κ1) is 16.3. The van der Waals surface area contributed by atoms with Crippen LogP contribution in [0.4, 0.5) is 0 Å². The van der Waals surface area contributed by atoms with Crippen LogP contribution in [0.5, 0.6) is 0 Å². The van der Waals surface area contributed by atoms with Gasteiger partial charge in [-0.25, -0.2) is 0 Å². The molecule has 3 atom stereocenters. The van der Waals surface area contributed by atoms with Gasteiger partial charge in [0.05, 0.1) is 13.4 Å². The van der Waals surface area contributed by atoms with Crippen molar-refractivity contribution in [1.82, 2.24) is 4.90 Å². The van der Waals surface area contributed by atoms with Gasteiger partial charge in [0.15, 0.2) is 0 Å². The zero-order chi connectivity index (χ0) is 17.3. The van der Waals surface area contributed by atoms with E-state index in [1.807, 2.05) is 31.2 Å². The summed E-state index contributed by atoms with van der Waals surface area (Å²) in [5.41, 5.74) is 2.02. The van der Waals surface area contributed by atoms with Crippen LogP contribution in [0.2, 0.25) is 0 Å². The Kier molecular flexibility index (Phi) is 4.40. The minimum Gasteiger partial charge on any atom is -0.469 e. The summed E-state index contributed by atoms with van der Waals surface area (Å²) >= 11 is 0. The number of carbonyl (C=O) groups is 2. The van der Waals surface area contributed by atoms with Crippen LogP contribution < -0.4 is 0 Å². The third kappa shape index (κ3) is 2.80. The number of aliphatic hydroxyl groups excluding tert-OH is 1. The fraction of sp³-hybridized carbons (Fsp3) is 0.333. The number of nitrogens with zero attached hydrogens (tertiary/aromatic N) is 1. The molecule has 1 aliphatic rings. The maximum Gasteiger partial charge on any atom is 0.314 e. The molecule has 1 amide bonds. The largest absolute Gasteiger partial charge is 0.469 e. The number of amides is 1. The molecule has 1 aliphatic heterocycles. The van der Waals surface area contributed by atoms with Crippen molar-refractivity contribution in [3.8, 4) is 0 Å². The Bertz CT molecular complexity index is 722. The number of ether oxygens (including phenoxy) is 1. The van der Waals surface area contributed by atoms with E-state index in [1.54, 1.807) is 12.1 Å². The number of methoxy groups -OCH3 is 1. The summed E-state index contributed by atoms with van der Waals surface area (Å²) in [5, 5.41) is 10.3. The standard InChI is InChI=1S/C18H19NO5/c1-11-5-7-12(8-6-11)10-19-15(13-4-3-9-24-13)14(18(22)23-2)16(20)17(19)21/h3-9,14-16,20H,10H2,1-2H3. The highest BCUT2D eigenvalue weighted by atomic mass is 16.5. The summed E-state index contributed by atoms with van der Waals surface area (Å²) < 4.78 is 10.2. The predicted octanol–water partition coefficient (Wildman–Crippen LogP) is 1.82. The molecule has 3 rings (SSSR count). The van der Waals surface area contributed by atoms with Gasteiger partial charge in [0.2, 0.25) is 0 Å². The molecule has 0 aliphatic carbocycles. The van der Waals surface area contributed by atoms with Gasteiger partial charge in [0, 0.05) is 6.54 Å². The van der Waals surface area contributed by atoms with Crippen LogP contribution in [0.3, 0.4) is 0 Å². The van der Waals surface area contributed by atoms with Gasteiger partial charge in [-0.1, -0.05) is 29.8 Å². The first-order chi connectivity index (χ1) is 11.5. The fourth-order valence-electron chi connectivity index (χ4n) is 3.08. The van der Waals surface area contributed by atoms with E-state index < -0.39 is 29.9 Å². The summed E-state index contributed by atoms with van der Waals surface area (Å²) in [5.74, 6) is -1.71. The first-order valence-electron chi connectivity index (χ1n) is 7.68. The Hall–Kier alpha value is -2.60. The molecule has 2 heterocycles. The second-order valence-electron chi connectivity index (χ2n) is 5.91. The van der Waals surface area contributed by atoms with E-state index in [9.17, 15) is 14.7 Å². The summed E-state index contributed by atoms with van der Waals surface area (Å²) in [4.78, 5) is 26.1. The zero-order valence-electron chi connectivity index (χ0n) is 13.5. The van der Waals surface area contributed by atoms with Crippen LogP contribution in [0.15, 0.2) is 47.1 Å². The van der Waals surface area contributed by atoms with Crippen molar-refractivity contribution in [2.75, 3.05) is 7.11 Å². The van der Waals surface area contributed by atoms with Crippen LogP contribution in [-0.2, 0) is 20.9 Å². The molecule has 0 bridgehead atoms. The molecule has 1 aromatic heterocycles. The number of rotatable bonds is 4. The summed E-state index contributed by atoms with van der Waals surface area (Å²) in [7, 11) is 1.24. The molecule has 1 fully saturated rings. The normalized spacial score (nSPS) is 23.5. The summed E-state index contributed by atoms with van der Waals surface area (Å²) in [6.07, 6.45) is 0.0288. The molecule has 126 valence electrons. The highest BCUT2D eigenvalue weighted by Gasteiger charge is 2.53. The first-order valence-corrected chi connectivity index (χ1v) is 7.68. The van der Waals surface area contributed by atoms with Gasteiger partial charge in [-0.05, 0) is 24.6 Å². The Morgan fingerprint density at radius 2 is 2.00 bits per heavy atom. The van der Waals surface area contributed by atoms with E-state index in [0.29, 0.717) is 5.76 Å². The number of hydrogen-bond acceptors (Lipinski definition) is 5. The van der Waals surface area contributed by atoms with Crippen molar-refractivity contribution in [2.24, 2.45) is 5.92 Å². The van der Waals surface area contributed by atoms with Crippen LogP contribution >= 0.6 is 0 Å². The zero-order valence-corrected chi connectivity index (χ0v) is 13.5. The molecule has 2 aromatic rings. The second-order valence-corrected chi connectivity index (χ2v) is 5.91. The lowest BCUT2D eigenvalue weighted by molar-refractivity contribution is -0.150. The number of carbonyl (C=O) groups excluding carboxylic acids is 2. The highest BCUT2D eigenvalue weighted by molar-refractivity contribution is 5.91. The van der Waals surface area contributed by atoms with E-state index in [4.69, 9.17) is 9.15 Å². The molecule has 1 saturated heterocycles. The smallest absolute Gasteiger partial charge is 0.314 e. The van der Waals surface area contributed by atoms with Crippen molar-refractivity contribution in [3.63, 3.8) is 0 Å². The summed E-state index contributed by atoms with van der Waals surface area (Å²) in [6, 6.07) is 10.4. The number of aliphatic hydroxyl groups is 1. The average Bonchev–Trinajstić information content (AvgIpc) is 3.18. The molecule has 0 saturated carbocycles. The molecular weight excluding hydrogens is 310 g/mol. The number of furan rings is 1. The van der Waals surface area contributed by atoms with Gasteiger partial charge in [-0.3, -0.25) is 9.59 Å². The number of esters is 1. The second kappa shape index (κ2) is 6.49. The van der Waals surface area contributed by atoms with Crippen molar-refractivity contribution in [3.05, 3.63) is 59.5 Å². The lowest BCUT2D eigenvalue weighted by atomic mass is 9.96. The number of benzene rings is 1. The lowest BCUT2D eigenvalue weighted by Crippen LogP contribution is -2.30. The third-order valence-corrected chi connectivity index (χ3v) is 4.33. The van der Waals surface area contributed by atoms with Crippen molar-refractivity contribution in [1.29, 1.82) is 0 Å². The molecular formula is C18H19NO5. The number of hydrogen-bond donors (Lipinski definition) is 1. The Balaban J connectivity index is 1.97. The Labute approximate surface area is 139 Å². The van der Waals surface area contributed by atoms with E-state index in [2.05, 4.69) is 0 Å². The van der Waals surface area contributed by atoms with Crippen LogP contribution in [0.1, 0.15) is 22.9 Å². The van der Waals surface area contributed by atoms with Gasteiger partial charge in [-0.2, -0.15) is 0 Å². The van der Waals surface area contributed by atoms with E-state index in [0.717, 1.165) is 11.1 Å². The quantitative estimate of drug-likeness (QED) is 0.866. The Morgan fingerprint density at radius 1 is 1.29 bits per heavy atom. The monoisotopic (exact) mass is 329 g/mol. The van der Waals surface area contributed by atoms with Gasteiger partial charge in [-0.15, -0.1) is 0 Å². The molecule has 6 nitrogen and oxygen atoms in total. The van der Waals surface area contributed by atoms with Crippen molar-refractivity contribution in [2.45, 2.75) is 25.6 Å². The predicted molar refractivity (Wildman–Crippen MR) is 84.7 cm³/mol. The molecule has 6 heteroatoms. The summed E-state index contributed by atoms with van der Waals surface area (Å²) in [6.45, 7) is 2.25. The average molecular weight is 329 g/mol. The number of likely N-dealkylation sites (tertiary alicyclic amines) is 1. The van der Waals surface area contributed by atoms with E-state index >= 15 is 0 Å². The molecule has 3 unspecified atom stereocenters.